The second-order valence-electron chi connectivity index (χ2n) is 5.00. The highest BCUT2D eigenvalue weighted by molar-refractivity contribution is 6.35. The molecular formula is C17H13Cl2NO3. The van der Waals surface area contributed by atoms with Gasteiger partial charge in [0.1, 0.15) is 11.5 Å². The molecule has 0 aliphatic heterocycles. The molecule has 0 bridgehead atoms. The Bertz CT molecular complexity index is 824. The Hall–Kier alpha value is -2.17. The minimum atomic E-state index is -0.335. The number of hydrogen-bond donors (Lipinski definition) is 1. The maximum atomic E-state index is 12.2. The summed E-state index contributed by atoms with van der Waals surface area (Å²) in [5, 5.41) is 3.84. The van der Waals surface area contributed by atoms with Crippen molar-refractivity contribution < 1.29 is 13.6 Å². The van der Waals surface area contributed by atoms with Gasteiger partial charge in [-0.25, -0.2) is 0 Å². The normalized spacial score (nSPS) is 12.1. The van der Waals surface area contributed by atoms with Crippen molar-refractivity contribution >= 4 is 29.1 Å². The van der Waals surface area contributed by atoms with Crippen molar-refractivity contribution in [3.05, 3.63) is 70.3 Å². The number of amides is 1. The van der Waals surface area contributed by atoms with Crippen LogP contribution in [0.25, 0.3) is 11.3 Å². The van der Waals surface area contributed by atoms with E-state index in [9.17, 15) is 4.79 Å². The van der Waals surface area contributed by atoms with Crippen molar-refractivity contribution in [3.8, 4) is 11.3 Å². The van der Waals surface area contributed by atoms with Crippen molar-refractivity contribution in [2.45, 2.75) is 13.0 Å². The second kappa shape index (κ2) is 6.52. The lowest BCUT2D eigenvalue weighted by Gasteiger charge is -2.09. The molecule has 0 spiro atoms. The Balaban J connectivity index is 1.79. The van der Waals surface area contributed by atoms with Gasteiger partial charge in [0, 0.05) is 10.6 Å². The van der Waals surface area contributed by atoms with E-state index in [4.69, 9.17) is 32.0 Å². The monoisotopic (exact) mass is 349 g/mol. The van der Waals surface area contributed by atoms with Crippen molar-refractivity contribution in [2.75, 3.05) is 0 Å². The van der Waals surface area contributed by atoms with Crippen LogP contribution in [0.1, 0.15) is 29.3 Å². The van der Waals surface area contributed by atoms with E-state index in [0.29, 0.717) is 27.1 Å². The number of nitrogens with one attached hydrogen (secondary N) is 1. The van der Waals surface area contributed by atoms with Crippen LogP contribution in [0, 0.1) is 0 Å². The maximum absolute atomic E-state index is 12.2. The highest BCUT2D eigenvalue weighted by Gasteiger charge is 2.17. The van der Waals surface area contributed by atoms with Crippen LogP contribution in [0.15, 0.2) is 57.6 Å². The number of hydrogen-bond acceptors (Lipinski definition) is 3. The molecule has 118 valence electrons. The molecule has 0 saturated carbocycles. The summed E-state index contributed by atoms with van der Waals surface area (Å²) in [7, 11) is 0. The number of rotatable bonds is 4. The zero-order chi connectivity index (χ0) is 16.4. The molecule has 0 fully saturated rings. The van der Waals surface area contributed by atoms with E-state index in [2.05, 4.69) is 5.32 Å². The third kappa shape index (κ3) is 3.44. The van der Waals surface area contributed by atoms with Crippen molar-refractivity contribution in [2.24, 2.45) is 0 Å². The van der Waals surface area contributed by atoms with Gasteiger partial charge in [0.15, 0.2) is 5.76 Å². The predicted octanol–water partition coefficient (Wildman–Crippen LogP) is 5.34. The molecule has 3 rings (SSSR count). The van der Waals surface area contributed by atoms with E-state index in [-0.39, 0.29) is 17.7 Å². The molecule has 1 aromatic carbocycles. The van der Waals surface area contributed by atoms with E-state index >= 15 is 0 Å². The van der Waals surface area contributed by atoms with Crippen LogP contribution in [0.2, 0.25) is 10.0 Å². The predicted molar refractivity (Wildman–Crippen MR) is 88.8 cm³/mol. The van der Waals surface area contributed by atoms with Gasteiger partial charge in [-0.1, -0.05) is 23.2 Å². The van der Waals surface area contributed by atoms with E-state index in [0.717, 1.165) is 0 Å². The van der Waals surface area contributed by atoms with Gasteiger partial charge >= 0.3 is 0 Å². The van der Waals surface area contributed by atoms with E-state index in [1.54, 1.807) is 48.7 Å². The van der Waals surface area contributed by atoms with Gasteiger partial charge in [0.25, 0.3) is 5.91 Å². The molecule has 0 aliphatic rings. The van der Waals surface area contributed by atoms with Gasteiger partial charge in [0.2, 0.25) is 0 Å². The number of carbonyl (C=O) groups is 1. The molecule has 23 heavy (non-hydrogen) atoms. The number of carbonyl (C=O) groups excluding carboxylic acids is 1. The summed E-state index contributed by atoms with van der Waals surface area (Å²) in [5.41, 5.74) is 0.636. The van der Waals surface area contributed by atoms with E-state index in [1.165, 1.54) is 0 Å². The van der Waals surface area contributed by atoms with Crippen LogP contribution < -0.4 is 5.32 Å². The van der Waals surface area contributed by atoms with E-state index in [1.807, 2.05) is 6.92 Å². The molecule has 6 heteroatoms. The van der Waals surface area contributed by atoms with Gasteiger partial charge in [0.05, 0.1) is 17.3 Å². The lowest BCUT2D eigenvalue weighted by molar-refractivity contribution is 0.0908. The Morgan fingerprint density at radius 1 is 1.17 bits per heavy atom. The highest BCUT2D eigenvalue weighted by Crippen LogP contribution is 2.31. The molecular weight excluding hydrogens is 337 g/mol. The minimum Gasteiger partial charge on any atom is -0.467 e. The fourth-order valence-electron chi connectivity index (χ4n) is 2.17. The summed E-state index contributed by atoms with van der Waals surface area (Å²) in [6.07, 6.45) is 1.56. The second-order valence-corrected chi connectivity index (χ2v) is 5.84. The Labute approximate surface area is 143 Å². The molecule has 1 amide bonds. The first-order chi connectivity index (χ1) is 11.0. The standard InChI is InChI=1S/C17H13Cl2NO3/c1-10(14-3-2-8-22-14)20-17(21)16-7-6-15(23-16)12-9-11(18)4-5-13(12)19/h2-10H,1H3,(H,20,21)/t10-/m0/s1. The van der Waals surface area contributed by atoms with Crippen LogP contribution >= 0.6 is 23.2 Å². The fraction of sp³-hybridized carbons (Fsp3) is 0.118. The van der Waals surface area contributed by atoms with Gasteiger partial charge < -0.3 is 14.2 Å². The quantitative estimate of drug-likeness (QED) is 0.691. The lowest BCUT2D eigenvalue weighted by atomic mass is 10.2. The number of benzene rings is 1. The average Bonchev–Trinajstić information content (AvgIpc) is 3.20. The summed E-state index contributed by atoms with van der Waals surface area (Å²) in [5.74, 6) is 1.00. The number of halogens is 2. The lowest BCUT2D eigenvalue weighted by Crippen LogP contribution is -2.25. The molecule has 0 radical (unpaired) electrons. The Morgan fingerprint density at radius 3 is 2.74 bits per heavy atom. The smallest absolute Gasteiger partial charge is 0.287 e. The summed E-state index contributed by atoms with van der Waals surface area (Å²) >= 11 is 12.1. The third-order valence-corrected chi connectivity index (χ3v) is 3.91. The van der Waals surface area contributed by atoms with E-state index < -0.39 is 0 Å². The summed E-state index contributed by atoms with van der Waals surface area (Å²) in [4.78, 5) is 12.2. The zero-order valence-corrected chi connectivity index (χ0v) is 13.7. The molecule has 1 atom stereocenters. The largest absolute Gasteiger partial charge is 0.467 e. The molecule has 2 heterocycles. The van der Waals surface area contributed by atoms with Crippen LogP contribution in [0.5, 0.6) is 0 Å². The first-order valence-electron chi connectivity index (χ1n) is 6.94. The summed E-state index contributed by atoms with van der Waals surface area (Å²) < 4.78 is 10.9. The molecule has 0 aliphatic carbocycles. The fourth-order valence-corrected chi connectivity index (χ4v) is 2.55. The molecule has 2 aromatic heterocycles. The number of furan rings is 2. The van der Waals surface area contributed by atoms with Crippen molar-refractivity contribution in [3.63, 3.8) is 0 Å². The topological polar surface area (TPSA) is 55.4 Å². The molecule has 3 aromatic rings. The first-order valence-corrected chi connectivity index (χ1v) is 7.69. The van der Waals surface area contributed by atoms with Crippen LogP contribution in [0.4, 0.5) is 0 Å². The van der Waals surface area contributed by atoms with Crippen molar-refractivity contribution in [1.29, 1.82) is 0 Å². The summed E-state index contributed by atoms with van der Waals surface area (Å²) in [6.45, 7) is 1.83. The molecule has 0 unspecified atom stereocenters. The SMILES string of the molecule is C[C@H](NC(=O)c1ccc(-c2cc(Cl)ccc2Cl)o1)c1ccco1. The zero-order valence-electron chi connectivity index (χ0n) is 12.2. The van der Waals surface area contributed by atoms with Gasteiger partial charge in [-0.3, -0.25) is 4.79 Å². The van der Waals surface area contributed by atoms with Crippen LogP contribution in [0.3, 0.4) is 0 Å². The summed E-state index contributed by atoms with van der Waals surface area (Å²) in [6, 6.07) is 11.6. The van der Waals surface area contributed by atoms with Crippen LogP contribution in [-0.2, 0) is 0 Å². The van der Waals surface area contributed by atoms with Crippen LogP contribution in [-0.4, -0.2) is 5.91 Å². The third-order valence-electron chi connectivity index (χ3n) is 3.34. The molecule has 0 saturated heterocycles. The maximum Gasteiger partial charge on any atom is 0.287 e. The minimum absolute atomic E-state index is 0.189. The van der Waals surface area contributed by atoms with Gasteiger partial charge in [-0.2, -0.15) is 0 Å². The van der Waals surface area contributed by atoms with Gasteiger partial charge in [-0.05, 0) is 49.4 Å². The molecule has 4 nitrogen and oxygen atoms in total. The Kier molecular flexibility index (Phi) is 4.46. The average molecular weight is 350 g/mol. The molecule has 1 N–H and O–H groups in total. The van der Waals surface area contributed by atoms with Gasteiger partial charge in [-0.15, -0.1) is 0 Å². The Morgan fingerprint density at radius 2 is 2.00 bits per heavy atom. The first kappa shape index (κ1) is 15.7. The van der Waals surface area contributed by atoms with Crippen molar-refractivity contribution in [1.82, 2.24) is 5.32 Å². The highest BCUT2D eigenvalue weighted by atomic mass is 35.5.